The van der Waals surface area contributed by atoms with Crippen LogP contribution in [0.5, 0.6) is 0 Å². The van der Waals surface area contributed by atoms with Crippen LogP contribution in [0.1, 0.15) is 5.69 Å². The van der Waals surface area contributed by atoms with Gasteiger partial charge in [0.25, 0.3) is 0 Å². The van der Waals surface area contributed by atoms with Crippen LogP contribution in [0.15, 0.2) is 24.3 Å². The molecule has 1 aromatic carbocycles. The second kappa shape index (κ2) is 2.77. The van der Waals surface area contributed by atoms with Crippen LogP contribution >= 0.6 is 0 Å². The van der Waals surface area contributed by atoms with Crippen LogP contribution < -0.4 is 11.2 Å². The van der Waals surface area contributed by atoms with Crippen molar-refractivity contribution in [3.63, 3.8) is 0 Å². The number of nitrogens with zero attached hydrogens (tertiary/aromatic N) is 1. The first kappa shape index (κ1) is 8.11. The minimum absolute atomic E-state index is 0.754. The first-order chi connectivity index (χ1) is 6.18. The fourth-order valence-electron chi connectivity index (χ4n) is 1.48. The molecule has 0 spiro atoms. The molecule has 0 saturated heterocycles. The molecule has 0 saturated carbocycles. The maximum Gasteiger partial charge on any atom is 0.140 e. The summed E-state index contributed by atoms with van der Waals surface area (Å²) in [6, 6.07) is 8.01. The molecular formula is C10H11BN2. The molecule has 2 aromatic rings. The Morgan fingerprint density at radius 2 is 2.00 bits per heavy atom. The van der Waals surface area contributed by atoms with E-state index in [2.05, 4.69) is 18.9 Å². The zero-order valence-corrected chi connectivity index (χ0v) is 7.83. The van der Waals surface area contributed by atoms with Crippen molar-refractivity contribution < 1.29 is 0 Å². The molecule has 2 rings (SSSR count). The number of benzene rings is 1. The van der Waals surface area contributed by atoms with Gasteiger partial charge in [0.2, 0.25) is 0 Å². The van der Waals surface area contributed by atoms with Gasteiger partial charge >= 0.3 is 0 Å². The normalized spacial score (nSPS) is 10.5. The highest BCUT2D eigenvalue weighted by atomic mass is 14.7. The number of aryl methyl sites for hydroxylation is 1. The van der Waals surface area contributed by atoms with Crippen LogP contribution in [-0.2, 0) is 0 Å². The molecule has 3 heteroatoms. The molecule has 0 aliphatic carbocycles. The fraction of sp³-hybridized carbons (Fsp3) is 0.100. The molecule has 64 valence electrons. The van der Waals surface area contributed by atoms with E-state index < -0.39 is 0 Å². The summed E-state index contributed by atoms with van der Waals surface area (Å²) in [6.07, 6.45) is 0. The first-order valence-corrected chi connectivity index (χ1v) is 4.31. The zero-order valence-electron chi connectivity index (χ0n) is 7.83. The zero-order chi connectivity index (χ0) is 9.42. The van der Waals surface area contributed by atoms with E-state index >= 15 is 0 Å². The third kappa shape index (κ3) is 1.26. The molecular weight excluding hydrogens is 159 g/mol. The van der Waals surface area contributed by atoms with Gasteiger partial charge in [-0.3, -0.25) is 4.98 Å². The second-order valence-corrected chi connectivity index (χ2v) is 3.32. The van der Waals surface area contributed by atoms with Crippen LogP contribution in [-0.4, -0.2) is 12.8 Å². The monoisotopic (exact) mass is 170 g/mol. The highest BCUT2D eigenvalue weighted by Gasteiger charge is 2.01. The number of hydrogen-bond acceptors (Lipinski definition) is 2. The predicted molar refractivity (Wildman–Crippen MR) is 59.1 cm³/mol. The lowest BCUT2D eigenvalue weighted by Gasteiger charge is -2.04. The molecule has 13 heavy (non-hydrogen) atoms. The third-order valence-electron chi connectivity index (χ3n) is 2.25. The van der Waals surface area contributed by atoms with Crippen molar-refractivity contribution in [2.75, 3.05) is 5.73 Å². The van der Waals surface area contributed by atoms with Crippen molar-refractivity contribution >= 4 is 29.9 Å². The average Bonchev–Trinajstić information content (AvgIpc) is 2.12. The molecule has 1 heterocycles. The summed E-state index contributed by atoms with van der Waals surface area (Å²) in [5.41, 5.74) is 9.73. The van der Waals surface area contributed by atoms with Crippen LogP contribution in [0.2, 0.25) is 0 Å². The summed E-state index contributed by atoms with van der Waals surface area (Å²) in [5.74, 6) is 0. The first-order valence-electron chi connectivity index (χ1n) is 4.31. The molecule has 0 bridgehead atoms. The van der Waals surface area contributed by atoms with Gasteiger partial charge in [-0.1, -0.05) is 17.6 Å². The maximum atomic E-state index is 5.83. The molecule has 0 fully saturated rings. The SMILES string of the molecule is Bc1ccc(N)c2nc(C)ccc12. The minimum atomic E-state index is 0.754. The number of aromatic nitrogens is 1. The number of rotatable bonds is 0. The van der Waals surface area contributed by atoms with E-state index in [0.717, 1.165) is 22.3 Å². The van der Waals surface area contributed by atoms with Gasteiger partial charge in [-0.15, -0.1) is 0 Å². The average molecular weight is 170 g/mol. The number of anilines is 1. The van der Waals surface area contributed by atoms with Crippen molar-refractivity contribution in [1.82, 2.24) is 4.98 Å². The molecule has 0 aliphatic heterocycles. The largest absolute Gasteiger partial charge is 0.397 e. The van der Waals surface area contributed by atoms with Crippen LogP contribution in [0.25, 0.3) is 10.9 Å². The van der Waals surface area contributed by atoms with E-state index in [1.807, 2.05) is 25.1 Å². The standard InChI is InChI=1S/C10H11BN2/c1-6-2-3-7-8(11)4-5-9(12)10(7)13-6/h2-5H,11-12H2,1H3. The fourth-order valence-corrected chi connectivity index (χ4v) is 1.48. The summed E-state index contributed by atoms with van der Waals surface area (Å²) in [6.45, 7) is 1.97. The quantitative estimate of drug-likeness (QED) is 0.458. The summed E-state index contributed by atoms with van der Waals surface area (Å²) in [4.78, 5) is 4.41. The van der Waals surface area contributed by atoms with Gasteiger partial charge in [0.05, 0.1) is 11.2 Å². The van der Waals surface area contributed by atoms with E-state index in [0.29, 0.717) is 0 Å². The van der Waals surface area contributed by atoms with E-state index in [1.54, 1.807) is 0 Å². The van der Waals surface area contributed by atoms with Gasteiger partial charge in [-0.2, -0.15) is 0 Å². The summed E-state index contributed by atoms with van der Waals surface area (Å²) in [5, 5.41) is 1.14. The number of hydrogen-bond donors (Lipinski definition) is 1. The Kier molecular flexibility index (Phi) is 1.73. The third-order valence-corrected chi connectivity index (χ3v) is 2.25. The molecule has 0 amide bonds. The predicted octanol–water partition coefficient (Wildman–Crippen LogP) is 0.384. The molecule has 2 N–H and O–H groups in total. The van der Waals surface area contributed by atoms with Crippen molar-refractivity contribution in [3.8, 4) is 0 Å². The highest BCUT2D eigenvalue weighted by Crippen LogP contribution is 2.16. The molecule has 2 nitrogen and oxygen atoms in total. The van der Waals surface area contributed by atoms with Gasteiger partial charge in [-0.25, -0.2) is 0 Å². The van der Waals surface area contributed by atoms with E-state index in [4.69, 9.17) is 5.73 Å². The molecule has 0 unspecified atom stereocenters. The molecule has 1 aromatic heterocycles. The minimum Gasteiger partial charge on any atom is -0.397 e. The summed E-state index contributed by atoms with van der Waals surface area (Å²) < 4.78 is 0. The molecule has 0 atom stereocenters. The Morgan fingerprint density at radius 3 is 2.77 bits per heavy atom. The molecule has 0 radical (unpaired) electrons. The Morgan fingerprint density at radius 1 is 1.23 bits per heavy atom. The smallest absolute Gasteiger partial charge is 0.140 e. The Bertz CT molecular complexity index is 466. The lowest BCUT2D eigenvalue weighted by molar-refractivity contribution is 1.26. The molecule has 0 aliphatic rings. The Balaban J connectivity index is 2.92. The Hall–Kier alpha value is -1.51. The summed E-state index contributed by atoms with van der Waals surface area (Å²) in [7, 11) is 2.07. The Labute approximate surface area is 78.2 Å². The maximum absolute atomic E-state index is 5.83. The second-order valence-electron chi connectivity index (χ2n) is 3.32. The van der Waals surface area contributed by atoms with E-state index in [9.17, 15) is 0 Å². The number of pyridine rings is 1. The van der Waals surface area contributed by atoms with Crippen molar-refractivity contribution in [2.45, 2.75) is 6.92 Å². The van der Waals surface area contributed by atoms with Crippen molar-refractivity contribution in [1.29, 1.82) is 0 Å². The highest BCUT2D eigenvalue weighted by molar-refractivity contribution is 6.39. The van der Waals surface area contributed by atoms with Crippen LogP contribution in [0.4, 0.5) is 5.69 Å². The van der Waals surface area contributed by atoms with Gasteiger partial charge in [0.15, 0.2) is 0 Å². The number of nitrogen functional groups attached to an aromatic ring is 1. The van der Waals surface area contributed by atoms with Gasteiger partial charge < -0.3 is 5.73 Å². The topological polar surface area (TPSA) is 38.9 Å². The van der Waals surface area contributed by atoms with Crippen molar-refractivity contribution in [2.24, 2.45) is 0 Å². The number of fused-ring (bicyclic) bond motifs is 1. The lowest BCUT2D eigenvalue weighted by Crippen LogP contribution is -2.06. The van der Waals surface area contributed by atoms with E-state index in [-0.39, 0.29) is 0 Å². The van der Waals surface area contributed by atoms with Gasteiger partial charge in [-0.05, 0) is 24.4 Å². The van der Waals surface area contributed by atoms with Crippen LogP contribution in [0, 0.1) is 6.92 Å². The van der Waals surface area contributed by atoms with Gasteiger partial charge in [0, 0.05) is 5.69 Å². The summed E-state index contributed by atoms with van der Waals surface area (Å²) >= 11 is 0. The van der Waals surface area contributed by atoms with Crippen molar-refractivity contribution in [3.05, 3.63) is 30.0 Å². The van der Waals surface area contributed by atoms with E-state index in [1.165, 1.54) is 5.46 Å². The lowest BCUT2D eigenvalue weighted by atomic mass is 9.91. The van der Waals surface area contributed by atoms with Gasteiger partial charge in [0.1, 0.15) is 7.85 Å². The number of nitrogens with two attached hydrogens (primary N) is 1. The van der Waals surface area contributed by atoms with Crippen LogP contribution in [0.3, 0.4) is 0 Å².